The SMILES string of the molecule is CCN(CC)CCNS(=O)(=O)c1ccc(C#N)c(Cl)c1. The van der Waals surface area contributed by atoms with Crippen LogP contribution < -0.4 is 4.72 Å². The first-order valence-electron chi connectivity index (χ1n) is 6.36. The molecule has 1 aromatic carbocycles. The van der Waals surface area contributed by atoms with Gasteiger partial charge in [-0.25, -0.2) is 13.1 Å². The Kier molecular flexibility index (Phi) is 6.43. The van der Waals surface area contributed by atoms with Crippen molar-refractivity contribution in [1.29, 1.82) is 5.26 Å². The van der Waals surface area contributed by atoms with E-state index in [0.717, 1.165) is 13.1 Å². The molecule has 0 saturated carbocycles. The molecule has 0 saturated heterocycles. The standard InChI is InChI=1S/C13H18ClN3O2S/c1-3-17(4-2)8-7-16-20(18,19)12-6-5-11(10-15)13(14)9-12/h5-6,9,16H,3-4,7-8H2,1-2H3. The van der Waals surface area contributed by atoms with Gasteiger partial charge in [-0.2, -0.15) is 5.26 Å². The van der Waals surface area contributed by atoms with Gasteiger partial charge >= 0.3 is 0 Å². The minimum Gasteiger partial charge on any atom is -0.303 e. The zero-order chi connectivity index (χ0) is 15.2. The largest absolute Gasteiger partial charge is 0.303 e. The summed E-state index contributed by atoms with van der Waals surface area (Å²) in [4.78, 5) is 2.19. The second kappa shape index (κ2) is 7.60. The van der Waals surface area contributed by atoms with Crippen LogP contribution in [0.1, 0.15) is 19.4 Å². The summed E-state index contributed by atoms with van der Waals surface area (Å²) in [5.74, 6) is 0. The third-order valence-electron chi connectivity index (χ3n) is 2.99. The molecule has 0 unspecified atom stereocenters. The number of rotatable bonds is 7. The van der Waals surface area contributed by atoms with Gasteiger partial charge in [0.15, 0.2) is 0 Å². The number of sulfonamides is 1. The maximum absolute atomic E-state index is 12.1. The minimum atomic E-state index is -3.59. The fraction of sp³-hybridized carbons (Fsp3) is 0.462. The fourth-order valence-corrected chi connectivity index (χ4v) is 3.05. The summed E-state index contributed by atoms with van der Waals surface area (Å²) >= 11 is 5.84. The van der Waals surface area contributed by atoms with Gasteiger partial charge in [-0.05, 0) is 31.3 Å². The number of hydrogen-bond acceptors (Lipinski definition) is 4. The summed E-state index contributed by atoms with van der Waals surface area (Å²) in [6.07, 6.45) is 0. The number of benzene rings is 1. The molecule has 7 heteroatoms. The first-order chi connectivity index (χ1) is 9.44. The van der Waals surface area contributed by atoms with E-state index in [0.29, 0.717) is 13.1 Å². The van der Waals surface area contributed by atoms with Gasteiger partial charge in [0.25, 0.3) is 0 Å². The zero-order valence-electron chi connectivity index (χ0n) is 11.6. The first-order valence-corrected chi connectivity index (χ1v) is 8.22. The average Bonchev–Trinajstić information content (AvgIpc) is 2.43. The van der Waals surface area contributed by atoms with E-state index in [-0.39, 0.29) is 15.5 Å². The van der Waals surface area contributed by atoms with Crippen LogP contribution in [0.15, 0.2) is 23.1 Å². The van der Waals surface area contributed by atoms with Crippen LogP contribution >= 0.6 is 11.6 Å². The molecule has 0 atom stereocenters. The van der Waals surface area contributed by atoms with E-state index >= 15 is 0 Å². The summed E-state index contributed by atoms with van der Waals surface area (Å²) < 4.78 is 26.7. The molecule has 1 N–H and O–H groups in total. The van der Waals surface area contributed by atoms with Gasteiger partial charge in [0.05, 0.1) is 15.5 Å². The highest BCUT2D eigenvalue weighted by atomic mass is 35.5. The quantitative estimate of drug-likeness (QED) is 0.833. The molecule has 0 bridgehead atoms. The second-order valence-electron chi connectivity index (χ2n) is 4.18. The van der Waals surface area contributed by atoms with Crippen molar-refractivity contribution in [1.82, 2.24) is 9.62 Å². The van der Waals surface area contributed by atoms with E-state index < -0.39 is 10.0 Å². The summed E-state index contributed by atoms with van der Waals surface area (Å²) in [6, 6.07) is 5.97. The lowest BCUT2D eigenvalue weighted by molar-refractivity contribution is 0.309. The Morgan fingerprint density at radius 2 is 2.00 bits per heavy atom. The smallest absolute Gasteiger partial charge is 0.240 e. The molecule has 0 aromatic heterocycles. The van der Waals surface area contributed by atoms with Crippen LogP contribution in [0.3, 0.4) is 0 Å². The number of likely N-dealkylation sites (N-methyl/N-ethyl adjacent to an activating group) is 1. The van der Waals surface area contributed by atoms with Crippen LogP contribution in [0.2, 0.25) is 5.02 Å². The number of nitrogens with one attached hydrogen (secondary N) is 1. The predicted molar refractivity (Wildman–Crippen MR) is 79.1 cm³/mol. The van der Waals surface area contributed by atoms with Crippen molar-refractivity contribution in [3.8, 4) is 6.07 Å². The molecular weight excluding hydrogens is 298 g/mol. The van der Waals surface area contributed by atoms with Crippen LogP contribution in [-0.2, 0) is 10.0 Å². The highest BCUT2D eigenvalue weighted by Crippen LogP contribution is 2.19. The molecule has 0 heterocycles. The number of nitriles is 1. The molecule has 20 heavy (non-hydrogen) atoms. The topological polar surface area (TPSA) is 73.2 Å². The molecule has 0 aliphatic heterocycles. The summed E-state index contributed by atoms with van der Waals surface area (Å²) in [7, 11) is -3.59. The van der Waals surface area contributed by atoms with Gasteiger partial charge in [0.2, 0.25) is 10.0 Å². The lowest BCUT2D eigenvalue weighted by atomic mass is 10.2. The Hall–Kier alpha value is -1.13. The van der Waals surface area contributed by atoms with Crippen LogP contribution in [0.4, 0.5) is 0 Å². The van der Waals surface area contributed by atoms with Gasteiger partial charge in [0, 0.05) is 13.1 Å². The normalized spacial score (nSPS) is 11.6. The van der Waals surface area contributed by atoms with Crippen LogP contribution in [0.25, 0.3) is 0 Å². The van der Waals surface area contributed by atoms with E-state index in [4.69, 9.17) is 16.9 Å². The highest BCUT2D eigenvalue weighted by molar-refractivity contribution is 7.89. The molecule has 1 rings (SSSR count). The maximum Gasteiger partial charge on any atom is 0.240 e. The van der Waals surface area contributed by atoms with Gasteiger partial charge in [-0.15, -0.1) is 0 Å². The lowest BCUT2D eigenvalue weighted by Crippen LogP contribution is -2.34. The lowest BCUT2D eigenvalue weighted by Gasteiger charge is -2.18. The Bertz CT molecular complexity index is 592. The fourth-order valence-electron chi connectivity index (χ4n) is 1.71. The molecular formula is C13H18ClN3O2S. The van der Waals surface area contributed by atoms with E-state index in [2.05, 4.69) is 9.62 Å². The van der Waals surface area contributed by atoms with Crippen molar-refractivity contribution in [2.75, 3.05) is 26.2 Å². The summed E-state index contributed by atoms with van der Waals surface area (Å²) in [5.41, 5.74) is 0.258. The third kappa shape index (κ3) is 4.46. The van der Waals surface area contributed by atoms with Crippen LogP contribution in [0.5, 0.6) is 0 Å². The van der Waals surface area contributed by atoms with E-state index in [1.165, 1.54) is 18.2 Å². The Morgan fingerprint density at radius 1 is 1.35 bits per heavy atom. The molecule has 0 amide bonds. The van der Waals surface area contributed by atoms with E-state index in [1.54, 1.807) is 0 Å². The van der Waals surface area contributed by atoms with E-state index in [9.17, 15) is 8.42 Å². The molecule has 110 valence electrons. The van der Waals surface area contributed by atoms with Crippen molar-refractivity contribution in [3.63, 3.8) is 0 Å². The molecule has 5 nitrogen and oxygen atoms in total. The molecule has 0 aliphatic carbocycles. The number of hydrogen-bond donors (Lipinski definition) is 1. The molecule has 0 radical (unpaired) electrons. The van der Waals surface area contributed by atoms with Gasteiger partial charge in [0.1, 0.15) is 6.07 Å². The Morgan fingerprint density at radius 3 is 2.50 bits per heavy atom. The monoisotopic (exact) mass is 315 g/mol. The van der Waals surface area contributed by atoms with Crippen molar-refractivity contribution in [2.24, 2.45) is 0 Å². The van der Waals surface area contributed by atoms with Gasteiger partial charge in [-0.3, -0.25) is 0 Å². The number of halogens is 1. The minimum absolute atomic E-state index is 0.0704. The van der Waals surface area contributed by atoms with E-state index in [1.807, 2.05) is 19.9 Å². The molecule has 1 aromatic rings. The Labute approximate surface area is 125 Å². The van der Waals surface area contributed by atoms with Crippen molar-refractivity contribution < 1.29 is 8.42 Å². The third-order valence-corrected chi connectivity index (χ3v) is 4.76. The zero-order valence-corrected chi connectivity index (χ0v) is 13.1. The molecule has 0 spiro atoms. The van der Waals surface area contributed by atoms with Crippen LogP contribution in [0, 0.1) is 11.3 Å². The van der Waals surface area contributed by atoms with Crippen molar-refractivity contribution in [2.45, 2.75) is 18.7 Å². The van der Waals surface area contributed by atoms with Crippen molar-refractivity contribution in [3.05, 3.63) is 28.8 Å². The maximum atomic E-state index is 12.1. The highest BCUT2D eigenvalue weighted by Gasteiger charge is 2.15. The summed E-state index contributed by atoms with van der Waals surface area (Å²) in [5, 5.41) is 8.90. The van der Waals surface area contributed by atoms with Gasteiger partial charge < -0.3 is 4.90 Å². The van der Waals surface area contributed by atoms with Crippen molar-refractivity contribution >= 4 is 21.6 Å². The molecule has 0 aliphatic rings. The predicted octanol–water partition coefficient (Wildman–Crippen LogP) is 1.83. The second-order valence-corrected chi connectivity index (χ2v) is 6.35. The Balaban J connectivity index is 2.75. The van der Waals surface area contributed by atoms with Crippen LogP contribution in [-0.4, -0.2) is 39.5 Å². The first kappa shape index (κ1) is 16.9. The molecule has 0 fully saturated rings. The number of nitrogens with zero attached hydrogens (tertiary/aromatic N) is 2. The summed E-state index contributed by atoms with van der Waals surface area (Å²) in [6.45, 7) is 6.79. The van der Waals surface area contributed by atoms with Gasteiger partial charge in [-0.1, -0.05) is 25.4 Å². The average molecular weight is 316 g/mol.